The van der Waals surface area contributed by atoms with Crippen LogP contribution in [0.4, 0.5) is 0 Å². The molecule has 18 heavy (non-hydrogen) atoms. The van der Waals surface area contributed by atoms with E-state index in [1.165, 1.54) is 7.11 Å². The van der Waals surface area contributed by atoms with Crippen LogP contribution in [0, 0.1) is 0 Å². The lowest BCUT2D eigenvalue weighted by Gasteiger charge is -2.13. The van der Waals surface area contributed by atoms with Gasteiger partial charge in [-0.05, 0) is 11.6 Å². The zero-order valence-electron chi connectivity index (χ0n) is 10.7. The van der Waals surface area contributed by atoms with Crippen LogP contribution in [-0.4, -0.2) is 33.6 Å². The number of ether oxygens (including phenoxy) is 2. The van der Waals surface area contributed by atoms with Crippen molar-refractivity contribution >= 4 is 14.3 Å². The fourth-order valence-corrected chi connectivity index (χ4v) is 1.97. The van der Waals surface area contributed by atoms with Crippen molar-refractivity contribution in [3.63, 3.8) is 0 Å². The van der Waals surface area contributed by atoms with Gasteiger partial charge in [0.1, 0.15) is 6.35 Å². The van der Waals surface area contributed by atoms with Crippen molar-refractivity contribution in [1.29, 1.82) is 0 Å². The first-order chi connectivity index (χ1) is 8.72. The highest BCUT2D eigenvalue weighted by Gasteiger charge is 2.12. The molecule has 0 atom stereocenters. The number of methoxy groups -OCH3 is 1. The van der Waals surface area contributed by atoms with E-state index >= 15 is 0 Å². The minimum Gasteiger partial charge on any atom is -0.465 e. The summed E-state index contributed by atoms with van der Waals surface area (Å²) in [6, 6.07) is 7.17. The van der Waals surface area contributed by atoms with Crippen molar-refractivity contribution in [2.24, 2.45) is 0 Å². The second kappa shape index (κ2) is 8.16. The molecule has 0 spiro atoms. The molecule has 0 saturated carbocycles. The van der Waals surface area contributed by atoms with E-state index in [2.05, 4.69) is 0 Å². The van der Waals surface area contributed by atoms with E-state index in [0.29, 0.717) is 18.5 Å². The van der Waals surface area contributed by atoms with Crippen molar-refractivity contribution < 1.29 is 23.3 Å². The van der Waals surface area contributed by atoms with Crippen molar-refractivity contribution in [2.45, 2.75) is 6.61 Å². The van der Waals surface area contributed by atoms with Crippen LogP contribution in [0.25, 0.3) is 0 Å². The summed E-state index contributed by atoms with van der Waals surface area (Å²) < 4.78 is 20.3. The Morgan fingerprint density at radius 3 is 2.44 bits per heavy atom. The molecule has 0 aliphatic rings. The van der Waals surface area contributed by atoms with E-state index in [4.69, 9.17) is 18.5 Å². The van der Waals surface area contributed by atoms with Crippen LogP contribution in [-0.2, 0) is 25.1 Å². The van der Waals surface area contributed by atoms with Gasteiger partial charge in [0, 0.05) is 14.2 Å². The van der Waals surface area contributed by atoms with Crippen molar-refractivity contribution in [3.8, 4) is 0 Å². The Morgan fingerprint density at radius 2 is 1.83 bits per heavy atom. The third-order valence-electron chi connectivity index (χ3n) is 2.28. The normalized spacial score (nSPS) is 10.7. The molecule has 1 aromatic carbocycles. The Bertz CT molecular complexity index is 378. The molecule has 0 aliphatic carbocycles. The lowest BCUT2D eigenvalue weighted by atomic mass is 10.1. The van der Waals surface area contributed by atoms with Crippen LogP contribution in [0.3, 0.4) is 0 Å². The molecule has 0 bridgehead atoms. The van der Waals surface area contributed by atoms with Gasteiger partial charge in [-0.1, -0.05) is 18.2 Å². The van der Waals surface area contributed by atoms with E-state index in [1.807, 2.05) is 12.1 Å². The molecular weight excluding hydrogens is 255 g/mol. The number of carbonyl (C=O) groups is 1. The van der Waals surface area contributed by atoms with Gasteiger partial charge in [0.05, 0.1) is 19.3 Å². The van der Waals surface area contributed by atoms with Crippen LogP contribution in [0.1, 0.15) is 15.9 Å². The summed E-state index contributed by atoms with van der Waals surface area (Å²) >= 11 is 0. The SMILES string of the molecule is COC(=O)c1ccccc1COCP(OC)OC. The predicted molar refractivity (Wildman–Crippen MR) is 68.4 cm³/mol. The quantitative estimate of drug-likeness (QED) is 0.564. The van der Waals surface area contributed by atoms with Gasteiger partial charge in [0.25, 0.3) is 0 Å². The van der Waals surface area contributed by atoms with Gasteiger partial charge in [-0.3, -0.25) is 0 Å². The Kier molecular flexibility index (Phi) is 6.83. The summed E-state index contributed by atoms with van der Waals surface area (Å²) in [5.74, 6) is -0.366. The number of benzene rings is 1. The van der Waals surface area contributed by atoms with Gasteiger partial charge in [0.2, 0.25) is 0 Å². The minimum atomic E-state index is -1.02. The minimum absolute atomic E-state index is 0.316. The lowest BCUT2D eigenvalue weighted by molar-refractivity contribution is 0.0595. The molecule has 100 valence electrons. The average molecular weight is 272 g/mol. The molecule has 6 heteroatoms. The Balaban J connectivity index is 2.59. The van der Waals surface area contributed by atoms with Crippen LogP contribution in [0.2, 0.25) is 0 Å². The molecule has 0 fully saturated rings. The summed E-state index contributed by atoms with van der Waals surface area (Å²) in [5.41, 5.74) is 1.30. The lowest BCUT2D eigenvalue weighted by Crippen LogP contribution is -2.07. The maximum Gasteiger partial charge on any atom is 0.338 e. The molecular formula is C12H17O5P. The molecule has 0 aromatic heterocycles. The molecule has 0 heterocycles. The summed E-state index contributed by atoms with van der Waals surface area (Å²) in [6.07, 6.45) is 0.359. The summed E-state index contributed by atoms with van der Waals surface area (Å²) in [7, 11) is 3.48. The second-order valence-corrected chi connectivity index (χ2v) is 4.98. The van der Waals surface area contributed by atoms with E-state index in [1.54, 1.807) is 26.4 Å². The number of rotatable bonds is 7. The van der Waals surface area contributed by atoms with Crippen molar-refractivity contribution in [3.05, 3.63) is 35.4 Å². The zero-order chi connectivity index (χ0) is 13.4. The fourth-order valence-electron chi connectivity index (χ4n) is 1.37. The molecule has 1 rings (SSSR count). The summed E-state index contributed by atoms with van der Waals surface area (Å²) in [5, 5.41) is 0. The first-order valence-corrected chi connectivity index (χ1v) is 6.69. The Hall–Kier alpha value is -1.00. The smallest absolute Gasteiger partial charge is 0.338 e. The van der Waals surface area contributed by atoms with Gasteiger partial charge >= 0.3 is 5.97 Å². The van der Waals surface area contributed by atoms with Gasteiger partial charge in [0.15, 0.2) is 8.38 Å². The first-order valence-electron chi connectivity index (χ1n) is 5.32. The van der Waals surface area contributed by atoms with E-state index in [0.717, 1.165) is 5.56 Å². The van der Waals surface area contributed by atoms with Gasteiger partial charge in [-0.2, -0.15) is 0 Å². The van der Waals surface area contributed by atoms with Crippen LogP contribution in [0.5, 0.6) is 0 Å². The fraction of sp³-hybridized carbons (Fsp3) is 0.417. The maximum atomic E-state index is 11.5. The average Bonchev–Trinajstić information content (AvgIpc) is 2.43. The third-order valence-corrected chi connectivity index (χ3v) is 3.49. The van der Waals surface area contributed by atoms with Gasteiger partial charge < -0.3 is 18.5 Å². The predicted octanol–water partition coefficient (Wildman–Crippen LogP) is 2.55. The summed E-state index contributed by atoms with van der Waals surface area (Å²) in [6.45, 7) is 0.316. The summed E-state index contributed by atoms with van der Waals surface area (Å²) in [4.78, 5) is 11.5. The number of hydrogen-bond donors (Lipinski definition) is 0. The molecule has 0 unspecified atom stereocenters. The number of hydrogen-bond acceptors (Lipinski definition) is 5. The van der Waals surface area contributed by atoms with Crippen LogP contribution < -0.4 is 0 Å². The molecule has 0 N–H and O–H groups in total. The maximum absolute atomic E-state index is 11.5. The Labute approximate surface area is 108 Å². The van der Waals surface area contributed by atoms with E-state index in [-0.39, 0.29) is 5.97 Å². The largest absolute Gasteiger partial charge is 0.465 e. The van der Waals surface area contributed by atoms with E-state index in [9.17, 15) is 4.79 Å². The monoisotopic (exact) mass is 272 g/mol. The molecule has 0 saturated heterocycles. The molecule has 5 nitrogen and oxygen atoms in total. The molecule has 1 aromatic rings. The van der Waals surface area contributed by atoms with Crippen LogP contribution >= 0.6 is 8.38 Å². The molecule has 0 aliphatic heterocycles. The van der Waals surface area contributed by atoms with E-state index < -0.39 is 8.38 Å². The molecule has 0 amide bonds. The van der Waals surface area contributed by atoms with Gasteiger partial charge in [-0.25, -0.2) is 4.79 Å². The topological polar surface area (TPSA) is 54.0 Å². The Morgan fingerprint density at radius 1 is 1.17 bits per heavy atom. The first kappa shape index (κ1) is 15.1. The van der Waals surface area contributed by atoms with Crippen molar-refractivity contribution in [2.75, 3.05) is 27.7 Å². The highest BCUT2D eigenvalue weighted by molar-refractivity contribution is 7.46. The third kappa shape index (κ3) is 4.35. The second-order valence-electron chi connectivity index (χ2n) is 3.32. The van der Waals surface area contributed by atoms with Crippen LogP contribution in [0.15, 0.2) is 24.3 Å². The zero-order valence-corrected chi connectivity index (χ0v) is 11.6. The van der Waals surface area contributed by atoms with Crippen molar-refractivity contribution in [1.82, 2.24) is 0 Å². The highest BCUT2D eigenvalue weighted by atomic mass is 31.2. The number of carbonyl (C=O) groups excluding carboxylic acids is 1. The number of esters is 1. The standard InChI is InChI=1S/C12H17O5P/c1-14-12(13)11-7-5-4-6-10(11)8-17-9-18(15-2)16-3/h4-7H,8-9H2,1-3H3. The van der Waals surface area contributed by atoms with Gasteiger partial charge in [-0.15, -0.1) is 0 Å². The molecule has 0 radical (unpaired) electrons. The highest BCUT2D eigenvalue weighted by Crippen LogP contribution is 2.35.